The number of halogens is 1. The molecule has 0 spiro atoms. The highest BCUT2D eigenvalue weighted by molar-refractivity contribution is 6.33. The molecule has 0 aromatic carbocycles. The van der Waals surface area contributed by atoms with Crippen molar-refractivity contribution in [3.05, 3.63) is 16.9 Å². The first-order chi connectivity index (χ1) is 8.50. The van der Waals surface area contributed by atoms with Crippen LogP contribution in [-0.2, 0) is 11.3 Å². The van der Waals surface area contributed by atoms with E-state index in [0.717, 1.165) is 0 Å². The highest BCUT2D eigenvalue weighted by atomic mass is 35.5. The number of ketones is 1. The lowest BCUT2D eigenvalue weighted by Gasteiger charge is -2.25. The van der Waals surface area contributed by atoms with E-state index in [4.69, 9.17) is 22.1 Å². The molecular weight excluding hydrogens is 254 g/mol. The van der Waals surface area contributed by atoms with E-state index in [1.165, 1.54) is 6.20 Å². The van der Waals surface area contributed by atoms with Gasteiger partial charge in [0.1, 0.15) is 5.69 Å². The molecule has 5 nitrogen and oxygen atoms in total. The summed E-state index contributed by atoms with van der Waals surface area (Å²) in [5.74, 6) is -0.0638. The number of Topliss-reactive ketones (excluding diaryl/α,β-unsaturated/α-hetero) is 1. The zero-order chi connectivity index (χ0) is 13.8. The van der Waals surface area contributed by atoms with Gasteiger partial charge in [0, 0.05) is 19.1 Å². The van der Waals surface area contributed by atoms with Crippen LogP contribution in [0.25, 0.3) is 0 Å². The Morgan fingerprint density at radius 2 is 2.33 bits per heavy atom. The number of ether oxygens (including phenoxy) is 1. The monoisotopic (exact) mass is 273 g/mol. The lowest BCUT2D eigenvalue weighted by Crippen LogP contribution is -2.36. The third-order valence-electron chi connectivity index (χ3n) is 3.30. The van der Waals surface area contributed by atoms with Crippen LogP contribution < -0.4 is 5.73 Å². The summed E-state index contributed by atoms with van der Waals surface area (Å²) >= 11 is 6.05. The van der Waals surface area contributed by atoms with Gasteiger partial charge in [-0.1, -0.05) is 25.4 Å². The molecule has 18 heavy (non-hydrogen) atoms. The van der Waals surface area contributed by atoms with E-state index in [1.54, 1.807) is 11.8 Å². The minimum atomic E-state index is -0.603. The molecule has 0 amide bonds. The average Bonchev–Trinajstić information content (AvgIpc) is 2.75. The Bertz CT molecular complexity index is 413. The fourth-order valence-corrected chi connectivity index (χ4v) is 1.85. The van der Waals surface area contributed by atoms with Crippen LogP contribution in [0.5, 0.6) is 0 Å². The predicted molar refractivity (Wildman–Crippen MR) is 70.9 cm³/mol. The third-order valence-corrected chi connectivity index (χ3v) is 3.57. The zero-order valence-corrected chi connectivity index (χ0v) is 11.8. The molecule has 0 saturated heterocycles. The van der Waals surface area contributed by atoms with Crippen molar-refractivity contribution in [2.24, 2.45) is 11.1 Å². The molecule has 1 rings (SSSR count). The maximum Gasteiger partial charge on any atom is 0.189 e. The van der Waals surface area contributed by atoms with E-state index in [1.807, 2.05) is 13.8 Å². The second-order valence-electron chi connectivity index (χ2n) is 4.50. The van der Waals surface area contributed by atoms with Crippen molar-refractivity contribution in [1.29, 1.82) is 0 Å². The van der Waals surface area contributed by atoms with E-state index < -0.39 is 5.41 Å². The van der Waals surface area contributed by atoms with Crippen LogP contribution in [0.2, 0.25) is 5.02 Å². The molecule has 0 aliphatic rings. The summed E-state index contributed by atoms with van der Waals surface area (Å²) in [6.07, 6.45) is 2.14. The van der Waals surface area contributed by atoms with Crippen molar-refractivity contribution in [3.63, 3.8) is 0 Å². The summed E-state index contributed by atoms with van der Waals surface area (Å²) in [7, 11) is 1.60. The standard InChI is InChI=1S/C12H20ClN3O2/c1-4-12(2,8-14)11(17)10-9(13)7-15-16(10)5-6-18-3/h7H,4-6,8,14H2,1-3H3. The second-order valence-corrected chi connectivity index (χ2v) is 4.91. The fourth-order valence-electron chi connectivity index (χ4n) is 1.62. The van der Waals surface area contributed by atoms with Gasteiger partial charge >= 0.3 is 0 Å². The number of carbonyl (C=O) groups excluding carboxylic acids is 1. The van der Waals surface area contributed by atoms with Gasteiger partial charge in [0.15, 0.2) is 5.78 Å². The van der Waals surface area contributed by atoms with Gasteiger partial charge in [0.25, 0.3) is 0 Å². The summed E-state index contributed by atoms with van der Waals surface area (Å²) in [5, 5.41) is 4.46. The highest BCUT2D eigenvalue weighted by Crippen LogP contribution is 2.28. The Kier molecular flexibility index (Phi) is 5.31. The van der Waals surface area contributed by atoms with E-state index in [-0.39, 0.29) is 12.3 Å². The zero-order valence-electron chi connectivity index (χ0n) is 11.1. The minimum Gasteiger partial charge on any atom is -0.383 e. The first kappa shape index (κ1) is 15.1. The van der Waals surface area contributed by atoms with Gasteiger partial charge in [0.05, 0.1) is 24.4 Å². The van der Waals surface area contributed by atoms with Crippen LogP contribution in [0.15, 0.2) is 6.20 Å². The maximum absolute atomic E-state index is 12.5. The van der Waals surface area contributed by atoms with Gasteiger partial charge in [-0.2, -0.15) is 5.10 Å². The fraction of sp³-hybridized carbons (Fsp3) is 0.667. The molecule has 102 valence electrons. The molecule has 0 radical (unpaired) electrons. The summed E-state index contributed by atoms with van der Waals surface area (Å²) in [6, 6.07) is 0. The lowest BCUT2D eigenvalue weighted by atomic mass is 9.81. The van der Waals surface area contributed by atoms with Crippen LogP contribution in [0.3, 0.4) is 0 Å². The van der Waals surface area contributed by atoms with E-state index in [9.17, 15) is 4.79 Å². The number of hydrogen-bond donors (Lipinski definition) is 1. The van der Waals surface area contributed by atoms with Gasteiger partial charge < -0.3 is 10.5 Å². The molecule has 6 heteroatoms. The van der Waals surface area contributed by atoms with E-state index in [2.05, 4.69) is 5.10 Å². The number of aromatic nitrogens is 2. The van der Waals surface area contributed by atoms with Crippen molar-refractivity contribution in [2.75, 3.05) is 20.3 Å². The molecule has 1 atom stereocenters. The summed E-state index contributed by atoms with van der Waals surface area (Å²) in [5.41, 5.74) is 5.52. The number of carbonyl (C=O) groups is 1. The highest BCUT2D eigenvalue weighted by Gasteiger charge is 2.34. The number of nitrogens with zero attached hydrogens (tertiary/aromatic N) is 2. The van der Waals surface area contributed by atoms with Gasteiger partial charge in [0.2, 0.25) is 0 Å². The van der Waals surface area contributed by atoms with Gasteiger partial charge in [-0.05, 0) is 6.42 Å². The first-order valence-corrected chi connectivity index (χ1v) is 6.33. The van der Waals surface area contributed by atoms with Crippen molar-refractivity contribution in [2.45, 2.75) is 26.8 Å². The molecular formula is C12H20ClN3O2. The van der Waals surface area contributed by atoms with Gasteiger partial charge in [-0.25, -0.2) is 0 Å². The third kappa shape index (κ3) is 2.91. The van der Waals surface area contributed by atoms with Crippen LogP contribution in [0.1, 0.15) is 30.8 Å². The van der Waals surface area contributed by atoms with Crippen molar-refractivity contribution in [1.82, 2.24) is 9.78 Å². The average molecular weight is 274 g/mol. The second kappa shape index (κ2) is 6.31. The molecule has 1 heterocycles. The first-order valence-electron chi connectivity index (χ1n) is 5.95. The maximum atomic E-state index is 12.5. The molecule has 1 unspecified atom stereocenters. The minimum absolute atomic E-state index is 0.0638. The van der Waals surface area contributed by atoms with E-state index >= 15 is 0 Å². The van der Waals surface area contributed by atoms with Crippen LogP contribution >= 0.6 is 11.6 Å². The Balaban J connectivity index is 3.08. The number of methoxy groups -OCH3 is 1. The molecule has 0 aliphatic carbocycles. The van der Waals surface area contributed by atoms with E-state index in [0.29, 0.717) is 30.3 Å². The number of rotatable bonds is 7. The molecule has 1 aromatic rings. The Morgan fingerprint density at radius 3 is 2.83 bits per heavy atom. The molecule has 0 aliphatic heterocycles. The largest absolute Gasteiger partial charge is 0.383 e. The van der Waals surface area contributed by atoms with Crippen molar-refractivity contribution >= 4 is 17.4 Å². The Hall–Kier alpha value is -0.910. The van der Waals surface area contributed by atoms with Crippen molar-refractivity contribution in [3.8, 4) is 0 Å². The Morgan fingerprint density at radius 1 is 1.67 bits per heavy atom. The van der Waals surface area contributed by atoms with Crippen molar-refractivity contribution < 1.29 is 9.53 Å². The summed E-state index contributed by atoms with van der Waals surface area (Å²) in [6.45, 7) is 5.04. The molecule has 0 fully saturated rings. The van der Waals surface area contributed by atoms with Crippen LogP contribution in [0.4, 0.5) is 0 Å². The number of nitrogens with two attached hydrogens (primary N) is 1. The molecule has 0 saturated carbocycles. The summed E-state index contributed by atoms with van der Waals surface area (Å²) in [4.78, 5) is 12.5. The van der Waals surface area contributed by atoms with Gasteiger partial charge in [-0.3, -0.25) is 9.48 Å². The number of hydrogen-bond acceptors (Lipinski definition) is 4. The predicted octanol–water partition coefficient (Wildman–Crippen LogP) is 1.74. The smallest absolute Gasteiger partial charge is 0.189 e. The van der Waals surface area contributed by atoms with Crippen LogP contribution in [-0.4, -0.2) is 35.8 Å². The lowest BCUT2D eigenvalue weighted by molar-refractivity contribution is 0.0805. The molecule has 2 N–H and O–H groups in total. The topological polar surface area (TPSA) is 70.1 Å². The quantitative estimate of drug-likeness (QED) is 0.768. The van der Waals surface area contributed by atoms with Crippen LogP contribution in [0, 0.1) is 5.41 Å². The summed E-state index contributed by atoms with van der Waals surface area (Å²) < 4.78 is 6.57. The Labute approximate surface area is 112 Å². The normalized spacial score (nSPS) is 14.5. The SMILES string of the molecule is CCC(C)(CN)C(=O)c1c(Cl)cnn1CCOC. The van der Waals surface area contributed by atoms with Gasteiger partial charge in [-0.15, -0.1) is 0 Å². The molecule has 0 bridgehead atoms. The molecule has 1 aromatic heterocycles.